The number of nitrogens with one attached hydrogen (secondary N) is 1. The van der Waals surface area contributed by atoms with Gasteiger partial charge in [0.1, 0.15) is 0 Å². The Kier molecular flexibility index (Phi) is 4.81. The van der Waals surface area contributed by atoms with Crippen LogP contribution in [0, 0.1) is 5.95 Å². The van der Waals surface area contributed by atoms with Gasteiger partial charge in [0, 0.05) is 20.4 Å². The van der Waals surface area contributed by atoms with Crippen LogP contribution in [0.3, 0.4) is 0 Å². The van der Waals surface area contributed by atoms with Gasteiger partial charge in [-0.3, -0.25) is 4.79 Å². The van der Waals surface area contributed by atoms with E-state index in [1.54, 1.807) is 0 Å². The molecule has 0 saturated heterocycles. The number of amides is 1. The minimum absolute atomic E-state index is 0.103. The first kappa shape index (κ1) is 12.5. The van der Waals surface area contributed by atoms with Gasteiger partial charge < -0.3 is 14.8 Å². The number of rotatable bonds is 5. The number of aromatic nitrogens is 1. The Morgan fingerprint density at radius 1 is 1.56 bits per heavy atom. The number of halogens is 1. The maximum Gasteiger partial charge on any atom is 0.256 e. The minimum atomic E-state index is -0.800. The smallest absolute Gasteiger partial charge is 0.256 e. The summed E-state index contributed by atoms with van der Waals surface area (Å²) in [6.07, 6.45) is 0.725. The molecule has 0 spiro atoms. The van der Waals surface area contributed by atoms with E-state index in [-0.39, 0.29) is 12.1 Å². The summed E-state index contributed by atoms with van der Waals surface area (Å²) >= 11 is 0. The van der Waals surface area contributed by atoms with E-state index in [4.69, 9.17) is 9.47 Å². The third-order valence-electron chi connectivity index (χ3n) is 1.96. The molecule has 6 heteroatoms. The van der Waals surface area contributed by atoms with Crippen LogP contribution in [0.5, 0.6) is 0 Å². The monoisotopic (exact) mass is 228 g/mol. The summed E-state index contributed by atoms with van der Waals surface area (Å²) in [4.78, 5) is 14.9. The Balaban J connectivity index is 2.56. The number of hydrogen-bond acceptors (Lipinski definition) is 4. The second-order valence-electron chi connectivity index (χ2n) is 2.95. The molecule has 5 nitrogen and oxygen atoms in total. The van der Waals surface area contributed by atoms with Gasteiger partial charge in [-0.15, -0.1) is 0 Å². The van der Waals surface area contributed by atoms with E-state index in [2.05, 4.69) is 10.3 Å². The van der Waals surface area contributed by atoms with Crippen molar-refractivity contribution in [3.63, 3.8) is 0 Å². The summed E-state index contributed by atoms with van der Waals surface area (Å²) in [5.74, 6) is -1.35. The molecule has 0 radical (unpaired) electrons. The van der Waals surface area contributed by atoms with Gasteiger partial charge in [-0.25, -0.2) is 4.98 Å². The third kappa shape index (κ3) is 3.25. The van der Waals surface area contributed by atoms with E-state index in [9.17, 15) is 9.18 Å². The standard InChI is InChI=1S/C10H13FN2O3/c1-15-8(16-2)6-13-10(14)7-4-3-5-12-9(7)11/h3-5,8H,6H2,1-2H3,(H,13,14). The van der Waals surface area contributed by atoms with Gasteiger partial charge >= 0.3 is 0 Å². The lowest BCUT2D eigenvalue weighted by atomic mass is 10.2. The SMILES string of the molecule is COC(CNC(=O)c1cccnc1F)OC. The van der Waals surface area contributed by atoms with Gasteiger partial charge in [0.15, 0.2) is 6.29 Å². The fraction of sp³-hybridized carbons (Fsp3) is 0.400. The molecule has 16 heavy (non-hydrogen) atoms. The zero-order chi connectivity index (χ0) is 12.0. The number of hydrogen-bond donors (Lipinski definition) is 1. The summed E-state index contributed by atoms with van der Waals surface area (Å²) < 4.78 is 22.8. The molecule has 0 bridgehead atoms. The van der Waals surface area contributed by atoms with Crippen molar-refractivity contribution in [2.45, 2.75) is 6.29 Å². The Morgan fingerprint density at radius 3 is 2.81 bits per heavy atom. The van der Waals surface area contributed by atoms with Crippen molar-refractivity contribution in [2.24, 2.45) is 0 Å². The molecule has 1 amide bonds. The van der Waals surface area contributed by atoms with Crippen LogP contribution < -0.4 is 5.32 Å². The molecular weight excluding hydrogens is 215 g/mol. The second kappa shape index (κ2) is 6.14. The Labute approximate surface area is 92.6 Å². The van der Waals surface area contributed by atoms with Gasteiger partial charge in [0.05, 0.1) is 12.1 Å². The van der Waals surface area contributed by atoms with Crippen LogP contribution in [-0.2, 0) is 9.47 Å². The zero-order valence-electron chi connectivity index (χ0n) is 9.07. The van der Waals surface area contributed by atoms with Gasteiger partial charge in [-0.05, 0) is 12.1 Å². The van der Waals surface area contributed by atoms with Gasteiger partial charge in [-0.1, -0.05) is 0 Å². The van der Waals surface area contributed by atoms with Gasteiger partial charge in [0.2, 0.25) is 5.95 Å². The lowest BCUT2D eigenvalue weighted by Gasteiger charge is -2.13. The Morgan fingerprint density at radius 2 is 2.25 bits per heavy atom. The molecule has 0 aromatic carbocycles. The Bertz CT molecular complexity index is 356. The number of pyridine rings is 1. The van der Waals surface area contributed by atoms with Crippen LogP contribution >= 0.6 is 0 Å². The van der Waals surface area contributed by atoms with E-state index in [1.165, 1.54) is 32.5 Å². The van der Waals surface area contributed by atoms with Crippen molar-refractivity contribution in [3.8, 4) is 0 Å². The van der Waals surface area contributed by atoms with E-state index >= 15 is 0 Å². The summed E-state index contributed by atoms with van der Waals surface area (Å²) in [5.41, 5.74) is -0.103. The quantitative estimate of drug-likeness (QED) is 0.591. The first-order chi connectivity index (χ1) is 7.69. The number of carbonyl (C=O) groups excluding carboxylic acids is 1. The fourth-order valence-electron chi connectivity index (χ4n) is 1.09. The summed E-state index contributed by atoms with van der Waals surface area (Å²) in [6.45, 7) is 0.139. The zero-order valence-corrected chi connectivity index (χ0v) is 9.07. The summed E-state index contributed by atoms with van der Waals surface area (Å²) in [6, 6.07) is 2.84. The molecule has 0 unspecified atom stereocenters. The maximum atomic E-state index is 13.1. The van der Waals surface area contributed by atoms with E-state index in [0.29, 0.717) is 0 Å². The molecule has 1 aromatic heterocycles. The van der Waals surface area contributed by atoms with Crippen molar-refractivity contribution in [2.75, 3.05) is 20.8 Å². The largest absolute Gasteiger partial charge is 0.354 e. The molecule has 1 heterocycles. The summed E-state index contributed by atoms with van der Waals surface area (Å²) in [5, 5.41) is 2.47. The highest BCUT2D eigenvalue weighted by atomic mass is 19.1. The lowest BCUT2D eigenvalue weighted by Crippen LogP contribution is -2.34. The number of nitrogens with zero attached hydrogens (tertiary/aromatic N) is 1. The van der Waals surface area contributed by atoms with Crippen LogP contribution in [-0.4, -0.2) is 37.9 Å². The molecule has 1 rings (SSSR count). The highest BCUT2D eigenvalue weighted by Gasteiger charge is 2.13. The normalized spacial score (nSPS) is 10.5. The Hall–Kier alpha value is -1.53. The van der Waals surface area contributed by atoms with E-state index in [0.717, 1.165) is 0 Å². The lowest BCUT2D eigenvalue weighted by molar-refractivity contribution is -0.0974. The van der Waals surface area contributed by atoms with Gasteiger partial charge in [0.25, 0.3) is 5.91 Å². The highest BCUT2D eigenvalue weighted by Crippen LogP contribution is 2.02. The topological polar surface area (TPSA) is 60.5 Å². The van der Waals surface area contributed by atoms with Crippen molar-refractivity contribution >= 4 is 5.91 Å². The number of carbonyl (C=O) groups is 1. The molecule has 0 aliphatic rings. The van der Waals surface area contributed by atoms with Crippen LogP contribution in [0.4, 0.5) is 4.39 Å². The molecule has 0 saturated carbocycles. The molecule has 0 fully saturated rings. The predicted molar refractivity (Wildman–Crippen MR) is 54.3 cm³/mol. The van der Waals surface area contributed by atoms with Crippen LogP contribution in [0.25, 0.3) is 0 Å². The predicted octanol–water partition coefficient (Wildman–Crippen LogP) is 0.569. The molecule has 1 N–H and O–H groups in total. The van der Waals surface area contributed by atoms with Crippen molar-refractivity contribution in [1.82, 2.24) is 10.3 Å². The first-order valence-corrected chi connectivity index (χ1v) is 4.63. The molecule has 0 atom stereocenters. The molecule has 0 aliphatic carbocycles. The average molecular weight is 228 g/mol. The summed E-state index contributed by atoms with van der Waals surface area (Å²) in [7, 11) is 2.90. The van der Waals surface area contributed by atoms with Crippen LogP contribution in [0.2, 0.25) is 0 Å². The molecular formula is C10H13FN2O3. The molecule has 88 valence electrons. The van der Waals surface area contributed by atoms with Crippen molar-refractivity contribution in [1.29, 1.82) is 0 Å². The minimum Gasteiger partial charge on any atom is -0.354 e. The fourth-order valence-corrected chi connectivity index (χ4v) is 1.09. The van der Waals surface area contributed by atoms with Crippen molar-refractivity contribution < 1.29 is 18.7 Å². The van der Waals surface area contributed by atoms with Crippen LogP contribution in [0.1, 0.15) is 10.4 Å². The third-order valence-corrected chi connectivity index (χ3v) is 1.96. The van der Waals surface area contributed by atoms with Gasteiger partial charge in [-0.2, -0.15) is 4.39 Å². The van der Waals surface area contributed by atoms with E-state index < -0.39 is 18.1 Å². The second-order valence-corrected chi connectivity index (χ2v) is 2.95. The average Bonchev–Trinajstić information content (AvgIpc) is 2.30. The van der Waals surface area contributed by atoms with E-state index in [1.807, 2.05) is 0 Å². The molecule has 0 aliphatic heterocycles. The van der Waals surface area contributed by atoms with Crippen LogP contribution in [0.15, 0.2) is 18.3 Å². The maximum absolute atomic E-state index is 13.1. The highest BCUT2D eigenvalue weighted by molar-refractivity contribution is 5.94. The number of ether oxygens (including phenoxy) is 2. The number of methoxy groups -OCH3 is 2. The van der Waals surface area contributed by atoms with Crippen molar-refractivity contribution in [3.05, 3.63) is 29.8 Å². The first-order valence-electron chi connectivity index (χ1n) is 4.63. The molecule has 1 aromatic rings.